The number of amidine groups is 1. The van der Waals surface area contributed by atoms with Crippen LogP contribution >= 0.6 is 11.6 Å². The molecule has 29 heavy (non-hydrogen) atoms. The number of hydrogen-bond donors (Lipinski definition) is 2. The number of fused-ring (bicyclic) bond motifs is 1. The average Bonchev–Trinajstić information content (AvgIpc) is 2.67. The van der Waals surface area contributed by atoms with Crippen molar-refractivity contribution < 1.29 is 12.8 Å². The van der Waals surface area contributed by atoms with E-state index >= 15 is 0 Å². The number of halogens is 2. The molecule has 4 heterocycles. The second-order valence-corrected chi connectivity index (χ2v) is 9.44. The van der Waals surface area contributed by atoms with E-state index in [-0.39, 0.29) is 23.0 Å². The molecule has 1 aliphatic heterocycles. The summed E-state index contributed by atoms with van der Waals surface area (Å²) < 4.78 is 39.0. The number of pyridine rings is 3. The smallest absolute Gasteiger partial charge is 0.162 e. The first kappa shape index (κ1) is 19.5. The van der Waals surface area contributed by atoms with Gasteiger partial charge in [-0.25, -0.2) is 22.8 Å². The van der Waals surface area contributed by atoms with Crippen molar-refractivity contribution in [2.45, 2.75) is 18.2 Å². The fourth-order valence-corrected chi connectivity index (χ4v) is 4.63. The molecule has 0 aliphatic carbocycles. The second kappa shape index (κ2) is 7.20. The van der Waals surface area contributed by atoms with E-state index in [0.717, 1.165) is 11.6 Å². The molecule has 4 rings (SSSR count). The fourth-order valence-electron chi connectivity index (χ4n) is 3.05. The minimum Gasteiger partial charge on any atom is -0.386 e. The van der Waals surface area contributed by atoms with Crippen LogP contribution in [0.3, 0.4) is 0 Å². The lowest BCUT2D eigenvalue weighted by Gasteiger charge is -2.24. The summed E-state index contributed by atoms with van der Waals surface area (Å²) in [5.74, 6) is -0.372. The number of sulfone groups is 1. The Balaban J connectivity index is 1.72. The van der Waals surface area contributed by atoms with Crippen LogP contribution in [0, 0.1) is 5.82 Å². The molecule has 0 saturated carbocycles. The molecule has 0 bridgehead atoms. The van der Waals surface area contributed by atoms with Crippen molar-refractivity contribution in [3.8, 4) is 0 Å². The molecule has 11 heteroatoms. The van der Waals surface area contributed by atoms with Crippen molar-refractivity contribution in [1.29, 1.82) is 0 Å². The molecule has 8 nitrogen and oxygen atoms in total. The number of aromatic nitrogens is 3. The van der Waals surface area contributed by atoms with Gasteiger partial charge in [-0.1, -0.05) is 11.6 Å². The maximum atomic E-state index is 14.4. The highest BCUT2D eigenvalue weighted by atomic mass is 35.5. The SMILES string of the molecule is CC1C(N)=NC(c2cc(Nc3nccc4cc(Cl)cnc34)ncc2F)CS1(=O)=O. The number of nitrogens with zero attached hydrogens (tertiary/aromatic N) is 4. The van der Waals surface area contributed by atoms with Gasteiger partial charge in [-0.2, -0.15) is 0 Å². The molecule has 0 radical (unpaired) electrons. The van der Waals surface area contributed by atoms with E-state index in [1.165, 1.54) is 19.2 Å². The minimum atomic E-state index is -3.53. The Morgan fingerprint density at radius 1 is 1.24 bits per heavy atom. The lowest BCUT2D eigenvalue weighted by Crippen LogP contribution is -2.40. The monoisotopic (exact) mass is 434 g/mol. The first-order valence-corrected chi connectivity index (χ1v) is 10.7. The summed E-state index contributed by atoms with van der Waals surface area (Å²) in [5, 5.41) is 3.35. The molecule has 1 aliphatic rings. The van der Waals surface area contributed by atoms with Crippen LogP contribution in [-0.4, -0.2) is 40.2 Å². The van der Waals surface area contributed by atoms with Gasteiger partial charge in [0.25, 0.3) is 0 Å². The van der Waals surface area contributed by atoms with E-state index in [2.05, 4.69) is 25.3 Å². The van der Waals surface area contributed by atoms with E-state index in [1.807, 2.05) is 0 Å². The van der Waals surface area contributed by atoms with Gasteiger partial charge < -0.3 is 11.1 Å². The summed E-state index contributed by atoms with van der Waals surface area (Å²) in [4.78, 5) is 16.7. The van der Waals surface area contributed by atoms with Crippen LogP contribution in [-0.2, 0) is 9.84 Å². The Morgan fingerprint density at radius 3 is 2.79 bits per heavy atom. The Morgan fingerprint density at radius 2 is 2.03 bits per heavy atom. The number of nitrogens with one attached hydrogen (secondary N) is 1. The van der Waals surface area contributed by atoms with E-state index in [1.54, 1.807) is 18.3 Å². The molecular weight excluding hydrogens is 419 g/mol. The second-order valence-electron chi connectivity index (χ2n) is 6.64. The Bertz CT molecular complexity index is 1250. The molecule has 0 spiro atoms. The maximum Gasteiger partial charge on any atom is 0.162 e. The molecule has 3 N–H and O–H groups in total. The van der Waals surface area contributed by atoms with Crippen molar-refractivity contribution in [2.75, 3.05) is 11.1 Å². The van der Waals surface area contributed by atoms with Crippen LogP contribution in [0.1, 0.15) is 18.5 Å². The zero-order chi connectivity index (χ0) is 20.8. The summed E-state index contributed by atoms with van der Waals surface area (Å²) >= 11 is 5.97. The molecule has 0 saturated heterocycles. The summed E-state index contributed by atoms with van der Waals surface area (Å²) in [7, 11) is -3.53. The standard InChI is InChI=1S/C18H16ClFN6O2S/c1-9-17(21)25-14(8-29(9,27)28)12-5-15(23-7-13(12)20)26-18-16-10(2-3-22-18)4-11(19)6-24-16/h2-7,9,14H,8H2,1H3,(H2,21,25)(H,22,23,26). The largest absolute Gasteiger partial charge is 0.386 e. The number of nitrogens with two attached hydrogens (primary N) is 1. The lowest BCUT2D eigenvalue weighted by molar-refractivity contribution is 0.565. The van der Waals surface area contributed by atoms with Crippen LogP contribution in [0.15, 0.2) is 41.8 Å². The number of anilines is 2. The number of rotatable bonds is 3. The predicted octanol–water partition coefficient (Wildman–Crippen LogP) is 2.78. The maximum absolute atomic E-state index is 14.4. The Kier molecular flexibility index (Phi) is 4.83. The molecule has 3 aromatic rings. The zero-order valence-corrected chi connectivity index (χ0v) is 16.7. The summed E-state index contributed by atoms with van der Waals surface area (Å²) in [5.41, 5.74) is 6.39. The van der Waals surface area contributed by atoms with Crippen molar-refractivity contribution >= 4 is 49.8 Å². The van der Waals surface area contributed by atoms with Gasteiger partial charge in [0, 0.05) is 23.3 Å². The van der Waals surface area contributed by atoms with Gasteiger partial charge in [-0.3, -0.25) is 9.98 Å². The highest BCUT2D eigenvalue weighted by molar-refractivity contribution is 7.92. The third-order valence-electron chi connectivity index (χ3n) is 4.71. The number of hydrogen-bond acceptors (Lipinski definition) is 8. The van der Waals surface area contributed by atoms with Gasteiger partial charge in [-0.15, -0.1) is 0 Å². The topological polar surface area (TPSA) is 123 Å². The minimum absolute atomic E-state index is 0.0382. The van der Waals surface area contributed by atoms with E-state index in [4.69, 9.17) is 17.3 Å². The summed E-state index contributed by atoms with van der Waals surface area (Å²) in [6.45, 7) is 1.46. The van der Waals surface area contributed by atoms with Gasteiger partial charge in [0.15, 0.2) is 15.7 Å². The van der Waals surface area contributed by atoms with Gasteiger partial charge in [0.1, 0.15) is 28.2 Å². The lowest BCUT2D eigenvalue weighted by atomic mass is 10.1. The summed E-state index contributed by atoms with van der Waals surface area (Å²) in [6.07, 6.45) is 4.07. The van der Waals surface area contributed by atoms with E-state index in [0.29, 0.717) is 16.4 Å². The quantitative estimate of drug-likeness (QED) is 0.649. The molecule has 0 fully saturated rings. The third kappa shape index (κ3) is 3.73. The van der Waals surface area contributed by atoms with Crippen molar-refractivity contribution in [3.05, 3.63) is 53.2 Å². The van der Waals surface area contributed by atoms with Crippen LogP contribution in [0.4, 0.5) is 16.0 Å². The normalized spacial score (nSPS) is 21.0. The third-order valence-corrected chi connectivity index (χ3v) is 7.01. The van der Waals surface area contributed by atoms with Crippen LogP contribution in [0.2, 0.25) is 5.02 Å². The first-order valence-electron chi connectivity index (χ1n) is 8.62. The van der Waals surface area contributed by atoms with Crippen LogP contribution < -0.4 is 11.1 Å². The molecule has 0 amide bonds. The predicted molar refractivity (Wildman–Crippen MR) is 110 cm³/mol. The van der Waals surface area contributed by atoms with Gasteiger partial charge in [0.2, 0.25) is 0 Å². The molecule has 150 valence electrons. The van der Waals surface area contributed by atoms with Crippen molar-refractivity contribution in [2.24, 2.45) is 10.7 Å². The summed E-state index contributed by atoms with van der Waals surface area (Å²) in [6, 6.07) is 3.95. The van der Waals surface area contributed by atoms with Gasteiger partial charge in [-0.05, 0) is 25.1 Å². The average molecular weight is 435 g/mol. The molecule has 2 unspecified atom stereocenters. The Labute approximate surface area is 171 Å². The van der Waals surface area contributed by atoms with Crippen LogP contribution in [0.5, 0.6) is 0 Å². The highest BCUT2D eigenvalue weighted by Gasteiger charge is 2.35. The molecular formula is C18H16ClFN6O2S. The fraction of sp³-hybridized carbons (Fsp3) is 0.222. The van der Waals surface area contributed by atoms with Crippen molar-refractivity contribution in [1.82, 2.24) is 15.0 Å². The van der Waals surface area contributed by atoms with Crippen LogP contribution in [0.25, 0.3) is 10.9 Å². The van der Waals surface area contributed by atoms with Crippen molar-refractivity contribution in [3.63, 3.8) is 0 Å². The van der Waals surface area contributed by atoms with E-state index in [9.17, 15) is 12.8 Å². The zero-order valence-electron chi connectivity index (χ0n) is 15.2. The highest BCUT2D eigenvalue weighted by Crippen LogP contribution is 2.30. The van der Waals surface area contributed by atoms with Gasteiger partial charge in [0.05, 0.1) is 23.0 Å². The van der Waals surface area contributed by atoms with E-state index < -0.39 is 26.9 Å². The first-order chi connectivity index (χ1) is 13.7. The molecule has 0 aromatic carbocycles. The molecule has 3 aromatic heterocycles. The van der Waals surface area contributed by atoms with Gasteiger partial charge >= 0.3 is 0 Å². The number of aliphatic imine (C=N–C) groups is 1. The Hall–Kier alpha value is -2.85. The molecule has 2 atom stereocenters.